The molecule has 0 spiro atoms. The van der Waals surface area contributed by atoms with Gasteiger partial charge in [0.1, 0.15) is 0 Å². The average molecular weight is 209 g/mol. The zero-order valence-corrected chi connectivity index (χ0v) is 9.87. The van der Waals surface area contributed by atoms with Crippen LogP contribution in [0.3, 0.4) is 0 Å². The average Bonchev–Trinajstić information content (AvgIpc) is 2.63. The van der Waals surface area contributed by atoms with Gasteiger partial charge in [-0.1, -0.05) is 32.9 Å². The maximum atomic E-state index is 5.19. The molecule has 0 radical (unpaired) electrons. The summed E-state index contributed by atoms with van der Waals surface area (Å²) in [6.07, 6.45) is 1.17. The van der Waals surface area contributed by atoms with Gasteiger partial charge in [0.05, 0.1) is 6.54 Å². The largest absolute Gasteiger partial charge is 0.338 e. The lowest BCUT2D eigenvalue weighted by atomic mass is 10.1. The lowest BCUT2D eigenvalue weighted by Gasteiger charge is -2.02. The highest BCUT2D eigenvalue weighted by molar-refractivity contribution is 5.14. The van der Waals surface area contributed by atoms with E-state index in [1.165, 1.54) is 6.42 Å². The minimum atomic E-state index is 0.368. The first kappa shape index (κ1) is 10.6. The van der Waals surface area contributed by atoms with E-state index in [0.717, 1.165) is 5.82 Å². The Morgan fingerprint density at radius 2 is 2.20 bits per heavy atom. The summed E-state index contributed by atoms with van der Waals surface area (Å²) in [4.78, 5) is 4.40. The third kappa shape index (κ3) is 2.37. The summed E-state index contributed by atoms with van der Waals surface area (Å²) in [5, 5.41) is 7.28. The van der Waals surface area contributed by atoms with Gasteiger partial charge in [-0.3, -0.25) is 0 Å². The molecule has 2 rings (SSSR count). The van der Waals surface area contributed by atoms with Crippen molar-refractivity contribution < 1.29 is 4.52 Å². The van der Waals surface area contributed by atoms with E-state index in [9.17, 15) is 0 Å². The molecule has 4 heteroatoms. The highest BCUT2D eigenvalue weighted by atomic mass is 16.5. The number of nitrogens with one attached hydrogen (secondary N) is 1. The second-order valence-corrected chi connectivity index (χ2v) is 5.33. The fourth-order valence-corrected chi connectivity index (χ4v) is 1.68. The molecule has 4 nitrogen and oxygen atoms in total. The first-order chi connectivity index (χ1) is 6.99. The summed E-state index contributed by atoms with van der Waals surface area (Å²) in [6.45, 7) is 9.33. The van der Waals surface area contributed by atoms with Crippen molar-refractivity contribution in [3.8, 4) is 0 Å². The minimum Gasteiger partial charge on any atom is -0.338 e. The van der Waals surface area contributed by atoms with E-state index in [2.05, 4.69) is 43.2 Å². The lowest BCUT2D eigenvalue weighted by molar-refractivity contribution is 0.356. The SMILES string of the molecule is CC(C)NCc1nc(C2CC2(C)C)no1. The van der Waals surface area contributed by atoms with Gasteiger partial charge in [-0.25, -0.2) is 0 Å². The molecule has 0 bridgehead atoms. The van der Waals surface area contributed by atoms with Crippen molar-refractivity contribution in [2.24, 2.45) is 5.41 Å². The first-order valence-electron chi connectivity index (χ1n) is 5.55. The smallest absolute Gasteiger partial charge is 0.240 e. The second kappa shape index (κ2) is 3.59. The van der Waals surface area contributed by atoms with Gasteiger partial charge < -0.3 is 9.84 Å². The zero-order valence-electron chi connectivity index (χ0n) is 9.87. The molecule has 84 valence electrons. The van der Waals surface area contributed by atoms with Crippen molar-refractivity contribution in [3.05, 3.63) is 11.7 Å². The van der Waals surface area contributed by atoms with Gasteiger partial charge in [0.2, 0.25) is 5.89 Å². The van der Waals surface area contributed by atoms with Crippen LogP contribution in [0.25, 0.3) is 0 Å². The molecule has 1 N–H and O–H groups in total. The van der Waals surface area contributed by atoms with Crippen LogP contribution in [0, 0.1) is 5.41 Å². The van der Waals surface area contributed by atoms with Crippen molar-refractivity contribution in [1.82, 2.24) is 15.5 Å². The molecule has 1 heterocycles. The third-order valence-corrected chi connectivity index (χ3v) is 2.97. The van der Waals surface area contributed by atoms with E-state index >= 15 is 0 Å². The Labute approximate surface area is 90.4 Å². The van der Waals surface area contributed by atoms with Crippen molar-refractivity contribution >= 4 is 0 Å². The van der Waals surface area contributed by atoms with Crippen LogP contribution in [0.15, 0.2) is 4.52 Å². The Morgan fingerprint density at radius 3 is 2.73 bits per heavy atom. The van der Waals surface area contributed by atoms with Gasteiger partial charge >= 0.3 is 0 Å². The normalized spacial score (nSPS) is 23.4. The summed E-state index contributed by atoms with van der Waals surface area (Å²) in [5.74, 6) is 2.07. The molecule has 1 atom stereocenters. The number of aromatic nitrogens is 2. The highest BCUT2D eigenvalue weighted by Gasteiger charge is 2.49. The maximum absolute atomic E-state index is 5.19. The fourth-order valence-electron chi connectivity index (χ4n) is 1.68. The Balaban J connectivity index is 1.93. The molecule has 1 aliphatic rings. The molecule has 1 unspecified atom stereocenters. The van der Waals surface area contributed by atoms with E-state index in [-0.39, 0.29) is 0 Å². The molecule has 1 aromatic heterocycles. The van der Waals surface area contributed by atoms with Gasteiger partial charge in [0, 0.05) is 12.0 Å². The summed E-state index contributed by atoms with van der Waals surface area (Å²) >= 11 is 0. The quantitative estimate of drug-likeness (QED) is 0.825. The topological polar surface area (TPSA) is 51.0 Å². The van der Waals surface area contributed by atoms with Crippen molar-refractivity contribution in [3.63, 3.8) is 0 Å². The molecular weight excluding hydrogens is 190 g/mol. The predicted molar refractivity (Wildman–Crippen MR) is 57.4 cm³/mol. The highest BCUT2D eigenvalue weighted by Crippen LogP contribution is 2.57. The first-order valence-corrected chi connectivity index (χ1v) is 5.55. The Hall–Kier alpha value is -0.900. The van der Waals surface area contributed by atoms with E-state index in [0.29, 0.717) is 29.8 Å². The van der Waals surface area contributed by atoms with Crippen molar-refractivity contribution in [2.75, 3.05) is 0 Å². The molecule has 1 aliphatic carbocycles. The standard InChI is InChI=1S/C11H19N3O/c1-7(2)12-6-9-13-10(14-15-9)8-5-11(8,3)4/h7-8,12H,5-6H2,1-4H3. The number of hydrogen-bond acceptors (Lipinski definition) is 4. The molecule has 1 fully saturated rings. The molecule has 0 amide bonds. The zero-order chi connectivity index (χ0) is 11.1. The van der Waals surface area contributed by atoms with E-state index in [4.69, 9.17) is 4.52 Å². The van der Waals surface area contributed by atoms with Crippen molar-refractivity contribution in [2.45, 2.75) is 52.6 Å². The van der Waals surface area contributed by atoms with E-state index in [1.54, 1.807) is 0 Å². The van der Waals surface area contributed by atoms with Crippen LogP contribution >= 0.6 is 0 Å². The summed E-state index contributed by atoms with van der Waals surface area (Å²) in [7, 11) is 0. The predicted octanol–water partition coefficient (Wildman–Crippen LogP) is 2.08. The van der Waals surface area contributed by atoms with E-state index in [1.807, 2.05) is 0 Å². The van der Waals surface area contributed by atoms with Gasteiger partial charge in [0.15, 0.2) is 5.82 Å². The Kier molecular flexibility index (Phi) is 2.54. The van der Waals surface area contributed by atoms with Gasteiger partial charge in [-0.05, 0) is 11.8 Å². The number of hydrogen-bond donors (Lipinski definition) is 1. The van der Waals surface area contributed by atoms with Gasteiger partial charge in [0.25, 0.3) is 0 Å². The lowest BCUT2D eigenvalue weighted by Crippen LogP contribution is -2.21. The van der Waals surface area contributed by atoms with Crippen LogP contribution in [0.2, 0.25) is 0 Å². The fraction of sp³-hybridized carbons (Fsp3) is 0.818. The maximum Gasteiger partial charge on any atom is 0.240 e. The van der Waals surface area contributed by atoms with Crippen LogP contribution in [-0.4, -0.2) is 16.2 Å². The van der Waals surface area contributed by atoms with Crippen LogP contribution in [0.1, 0.15) is 51.7 Å². The van der Waals surface area contributed by atoms with E-state index < -0.39 is 0 Å². The summed E-state index contributed by atoms with van der Waals surface area (Å²) in [6, 6.07) is 0.442. The molecule has 0 aliphatic heterocycles. The Morgan fingerprint density at radius 1 is 1.53 bits per heavy atom. The molecule has 1 aromatic rings. The van der Waals surface area contributed by atoms with Crippen LogP contribution in [-0.2, 0) is 6.54 Å². The van der Waals surface area contributed by atoms with Crippen LogP contribution < -0.4 is 5.32 Å². The monoisotopic (exact) mass is 209 g/mol. The molecule has 0 saturated heterocycles. The molecule has 1 saturated carbocycles. The van der Waals surface area contributed by atoms with Crippen molar-refractivity contribution in [1.29, 1.82) is 0 Å². The number of nitrogens with zero attached hydrogens (tertiary/aromatic N) is 2. The molecular formula is C11H19N3O. The molecule has 15 heavy (non-hydrogen) atoms. The summed E-state index contributed by atoms with van der Waals surface area (Å²) in [5.41, 5.74) is 0.368. The van der Waals surface area contributed by atoms with Crippen LogP contribution in [0.4, 0.5) is 0 Å². The molecule has 0 aromatic carbocycles. The Bertz CT molecular complexity index is 343. The minimum absolute atomic E-state index is 0.368. The third-order valence-electron chi connectivity index (χ3n) is 2.97. The second-order valence-electron chi connectivity index (χ2n) is 5.33. The summed E-state index contributed by atoms with van der Waals surface area (Å²) < 4.78 is 5.19. The van der Waals surface area contributed by atoms with Crippen LogP contribution in [0.5, 0.6) is 0 Å². The number of rotatable bonds is 4. The van der Waals surface area contributed by atoms with Gasteiger partial charge in [-0.15, -0.1) is 0 Å². The van der Waals surface area contributed by atoms with Gasteiger partial charge in [-0.2, -0.15) is 4.98 Å².